The van der Waals surface area contributed by atoms with Crippen LogP contribution in [0.3, 0.4) is 0 Å². The molecule has 0 spiro atoms. The lowest BCUT2D eigenvalue weighted by atomic mass is 10.1. The van der Waals surface area contributed by atoms with Gasteiger partial charge < -0.3 is 20.1 Å². The standard InChI is InChI=1S/C14H19ClN2O3.ClH/c1-9-8-17(4-3-5-20-9)14(18)10-6-11(15)12(16)7-13(10)19-2;/h6-7,9H,3-5,8,16H2,1-2H3;1H. The van der Waals surface area contributed by atoms with E-state index >= 15 is 0 Å². The number of nitrogens with two attached hydrogens (primary N) is 1. The molecule has 0 bridgehead atoms. The topological polar surface area (TPSA) is 64.8 Å². The van der Waals surface area contributed by atoms with Crippen molar-refractivity contribution >= 4 is 35.6 Å². The molecule has 0 saturated carbocycles. The van der Waals surface area contributed by atoms with Crippen LogP contribution in [0.15, 0.2) is 12.1 Å². The van der Waals surface area contributed by atoms with Gasteiger partial charge in [0.25, 0.3) is 5.91 Å². The number of ether oxygens (including phenoxy) is 2. The molecule has 0 aromatic heterocycles. The number of nitrogen functional groups attached to an aromatic ring is 1. The zero-order valence-electron chi connectivity index (χ0n) is 12.1. The number of carbonyl (C=O) groups is 1. The van der Waals surface area contributed by atoms with Crippen LogP contribution in [0.5, 0.6) is 5.75 Å². The molecule has 1 aromatic carbocycles. The third-order valence-corrected chi connectivity index (χ3v) is 3.62. The maximum Gasteiger partial charge on any atom is 0.257 e. The van der Waals surface area contributed by atoms with Gasteiger partial charge in [0, 0.05) is 25.8 Å². The summed E-state index contributed by atoms with van der Waals surface area (Å²) in [7, 11) is 1.51. The normalized spacial score (nSPS) is 18.6. The van der Waals surface area contributed by atoms with Crippen LogP contribution in [0.25, 0.3) is 0 Å². The summed E-state index contributed by atoms with van der Waals surface area (Å²) in [6.45, 7) is 3.85. The van der Waals surface area contributed by atoms with Crippen molar-refractivity contribution < 1.29 is 14.3 Å². The van der Waals surface area contributed by atoms with Crippen molar-refractivity contribution in [2.24, 2.45) is 0 Å². The van der Waals surface area contributed by atoms with Gasteiger partial charge >= 0.3 is 0 Å². The molecule has 1 aliphatic rings. The number of hydrogen-bond acceptors (Lipinski definition) is 4. The Morgan fingerprint density at radius 1 is 1.52 bits per heavy atom. The number of hydrogen-bond donors (Lipinski definition) is 1. The molecule has 0 radical (unpaired) electrons. The van der Waals surface area contributed by atoms with Gasteiger partial charge in [-0.15, -0.1) is 12.4 Å². The zero-order valence-corrected chi connectivity index (χ0v) is 13.7. The summed E-state index contributed by atoms with van der Waals surface area (Å²) in [6, 6.07) is 3.14. The molecule has 118 valence electrons. The fraction of sp³-hybridized carbons (Fsp3) is 0.500. The fourth-order valence-corrected chi connectivity index (χ4v) is 2.42. The predicted molar refractivity (Wildman–Crippen MR) is 85.6 cm³/mol. The van der Waals surface area contributed by atoms with Crippen molar-refractivity contribution in [3.05, 3.63) is 22.7 Å². The van der Waals surface area contributed by atoms with E-state index in [2.05, 4.69) is 0 Å². The Morgan fingerprint density at radius 3 is 2.90 bits per heavy atom. The maximum atomic E-state index is 12.6. The number of benzene rings is 1. The Bertz CT molecular complexity index is 511. The molecule has 1 heterocycles. The SMILES string of the molecule is COc1cc(N)c(Cl)cc1C(=O)N1CCCOC(C)C1.Cl. The van der Waals surface area contributed by atoms with E-state index in [0.29, 0.717) is 41.7 Å². The largest absolute Gasteiger partial charge is 0.496 e. The summed E-state index contributed by atoms with van der Waals surface area (Å²) in [5, 5.41) is 0.355. The quantitative estimate of drug-likeness (QED) is 0.844. The first-order valence-electron chi connectivity index (χ1n) is 6.56. The van der Waals surface area contributed by atoms with E-state index in [1.165, 1.54) is 7.11 Å². The number of halogens is 2. The summed E-state index contributed by atoms with van der Waals surface area (Å²) in [5.74, 6) is 0.329. The Labute approximate surface area is 135 Å². The Morgan fingerprint density at radius 2 is 2.24 bits per heavy atom. The number of carbonyl (C=O) groups excluding carboxylic acids is 1. The molecule has 5 nitrogen and oxygen atoms in total. The summed E-state index contributed by atoms with van der Waals surface area (Å²) < 4.78 is 10.8. The van der Waals surface area contributed by atoms with Crippen LogP contribution in [0.1, 0.15) is 23.7 Å². The second kappa shape index (κ2) is 7.73. The van der Waals surface area contributed by atoms with Gasteiger partial charge in [-0.1, -0.05) is 11.6 Å². The molecule has 1 aromatic rings. The van der Waals surface area contributed by atoms with Gasteiger partial charge in [0.05, 0.1) is 29.5 Å². The highest BCUT2D eigenvalue weighted by atomic mass is 35.5. The van der Waals surface area contributed by atoms with Crippen molar-refractivity contribution in [3.8, 4) is 5.75 Å². The first-order chi connectivity index (χ1) is 9.52. The second-order valence-corrected chi connectivity index (χ2v) is 5.27. The van der Waals surface area contributed by atoms with Gasteiger partial charge in [-0.25, -0.2) is 0 Å². The lowest BCUT2D eigenvalue weighted by Crippen LogP contribution is -2.36. The van der Waals surface area contributed by atoms with Gasteiger partial charge in [0.2, 0.25) is 0 Å². The minimum atomic E-state index is -0.110. The van der Waals surface area contributed by atoms with Gasteiger partial charge in [-0.3, -0.25) is 4.79 Å². The van der Waals surface area contributed by atoms with Crippen LogP contribution in [0.2, 0.25) is 5.02 Å². The van der Waals surface area contributed by atoms with E-state index in [0.717, 1.165) is 6.42 Å². The fourth-order valence-electron chi connectivity index (χ4n) is 2.25. The van der Waals surface area contributed by atoms with Crippen molar-refractivity contribution in [1.29, 1.82) is 0 Å². The minimum absolute atomic E-state index is 0. The molecule has 7 heteroatoms. The Balaban J connectivity index is 0.00000220. The molecule has 21 heavy (non-hydrogen) atoms. The highest BCUT2D eigenvalue weighted by molar-refractivity contribution is 6.33. The van der Waals surface area contributed by atoms with Crippen LogP contribution in [0, 0.1) is 0 Å². The smallest absolute Gasteiger partial charge is 0.257 e. The lowest BCUT2D eigenvalue weighted by molar-refractivity contribution is 0.0561. The van der Waals surface area contributed by atoms with Gasteiger partial charge in [-0.05, 0) is 19.4 Å². The number of amides is 1. The number of anilines is 1. The third-order valence-electron chi connectivity index (χ3n) is 3.29. The highest BCUT2D eigenvalue weighted by Crippen LogP contribution is 2.30. The molecule has 1 fully saturated rings. The monoisotopic (exact) mass is 334 g/mol. The number of nitrogens with zero attached hydrogens (tertiary/aromatic N) is 1. The highest BCUT2D eigenvalue weighted by Gasteiger charge is 2.24. The van der Waals surface area contributed by atoms with Crippen LogP contribution < -0.4 is 10.5 Å². The summed E-state index contributed by atoms with van der Waals surface area (Å²) in [4.78, 5) is 14.4. The predicted octanol–water partition coefficient (Wildman–Crippen LogP) is 2.60. The third kappa shape index (κ3) is 4.15. The van der Waals surface area contributed by atoms with Crippen LogP contribution in [-0.4, -0.2) is 43.7 Å². The molecule has 1 unspecified atom stereocenters. The first kappa shape index (κ1) is 17.9. The molecule has 1 saturated heterocycles. The minimum Gasteiger partial charge on any atom is -0.496 e. The molecule has 0 aliphatic carbocycles. The molecule has 2 rings (SSSR count). The van der Waals surface area contributed by atoms with Crippen molar-refractivity contribution in [1.82, 2.24) is 4.90 Å². The summed E-state index contributed by atoms with van der Waals surface area (Å²) in [5.41, 5.74) is 6.56. The maximum absolute atomic E-state index is 12.6. The Hall–Kier alpha value is -1.17. The van der Waals surface area contributed by atoms with E-state index in [1.54, 1.807) is 17.0 Å². The van der Waals surface area contributed by atoms with E-state index in [-0.39, 0.29) is 24.4 Å². The first-order valence-corrected chi connectivity index (χ1v) is 6.94. The second-order valence-electron chi connectivity index (χ2n) is 4.86. The number of rotatable bonds is 2. The molecular weight excluding hydrogens is 315 g/mol. The van der Waals surface area contributed by atoms with E-state index in [1.807, 2.05) is 6.92 Å². The van der Waals surface area contributed by atoms with E-state index in [9.17, 15) is 4.79 Å². The van der Waals surface area contributed by atoms with E-state index in [4.69, 9.17) is 26.8 Å². The van der Waals surface area contributed by atoms with Gasteiger partial charge in [-0.2, -0.15) is 0 Å². The average Bonchev–Trinajstić information content (AvgIpc) is 2.65. The molecule has 1 amide bonds. The molecule has 1 aliphatic heterocycles. The summed E-state index contributed by atoms with van der Waals surface area (Å²) >= 11 is 6.01. The Kier molecular flexibility index (Phi) is 6.58. The summed E-state index contributed by atoms with van der Waals surface area (Å²) in [6.07, 6.45) is 0.845. The van der Waals surface area contributed by atoms with Crippen LogP contribution in [-0.2, 0) is 4.74 Å². The molecular formula is C14H20Cl2N2O3. The number of methoxy groups -OCH3 is 1. The van der Waals surface area contributed by atoms with Crippen molar-refractivity contribution in [2.45, 2.75) is 19.4 Å². The average molecular weight is 335 g/mol. The van der Waals surface area contributed by atoms with Crippen molar-refractivity contribution in [2.75, 3.05) is 32.5 Å². The zero-order chi connectivity index (χ0) is 14.7. The lowest BCUT2D eigenvalue weighted by Gasteiger charge is -2.23. The van der Waals surface area contributed by atoms with Crippen LogP contribution in [0.4, 0.5) is 5.69 Å². The van der Waals surface area contributed by atoms with Gasteiger partial charge in [0.1, 0.15) is 5.75 Å². The van der Waals surface area contributed by atoms with Gasteiger partial charge in [0.15, 0.2) is 0 Å². The molecule has 2 N–H and O–H groups in total. The van der Waals surface area contributed by atoms with Crippen molar-refractivity contribution in [3.63, 3.8) is 0 Å². The van der Waals surface area contributed by atoms with Crippen LogP contribution >= 0.6 is 24.0 Å². The molecule has 1 atom stereocenters. The van der Waals surface area contributed by atoms with E-state index < -0.39 is 0 Å².